The number of carbonyl (C=O) groups is 2. The smallest absolute Gasteiger partial charge is 0.334 e. The predicted octanol–water partition coefficient (Wildman–Crippen LogP) is 4.37. The van der Waals surface area contributed by atoms with E-state index in [4.69, 9.17) is 33.2 Å². The lowest BCUT2D eigenvalue weighted by molar-refractivity contribution is -0.182. The number of hydrogen-bond acceptors (Lipinski definition) is 11. The van der Waals surface area contributed by atoms with Gasteiger partial charge in [0.1, 0.15) is 11.7 Å². The van der Waals surface area contributed by atoms with E-state index in [0.717, 1.165) is 0 Å². The van der Waals surface area contributed by atoms with E-state index < -0.39 is 35.7 Å². The molecule has 0 saturated heterocycles. The van der Waals surface area contributed by atoms with Crippen molar-refractivity contribution >= 4 is 11.9 Å². The van der Waals surface area contributed by atoms with Gasteiger partial charge in [-0.2, -0.15) is 0 Å². The first-order valence-electron chi connectivity index (χ1n) is 12.6. The van der Waals surface area contributed by atoms with Crippen LogP contribution in [0.15, 0.2) is 23.8 Å². The van der Waals surface area contributed by atoms with Gasteiger partial charge in [0.2, 0.25) is 18.3 Å². The number of aromatic hydroxyl groups is 1. The van der Waals surface area contributed by atoms with E-state index in [-0.39, 0.29) is 58.0 Å². The first kappa shape index (κ1) is 28.9. The SMILES string of the molecule is C/C=C(/C)C(=O)O[C@H]1c2cc(OC)c(OC)c(OC)c2-c2c(cc3c(c2O)OCO3)[C@H](OC(C)=O)[C@H](C)[C@]1(C)O. The summed E-state index contributed by atoms with van der Waals surface area (Å²) in [5, 5.41) is 23.8. The van der Waals surface area contributed by atoms with Gasteiger partial charge in [0.15, 0.2) is 29.1 Å². The second kappa shape index (κ2) is 10.8. The van der Waals surface area contributed by atoms with Crippen LogP contribution in [0.1, 0.15) is 58.0 Å². The van der Waals surface area contributed by atoms with Crippen LogP contribution in [-0.4, -0.2) is 55.9 Å². The highest BCUT2D eigenvalue weighted by Crippen LogP contribution is 2.61. The van der Waals surface area contributed by atoms with Gasteiger partial charge < -0.3 is 43.4 Å². The average molecular weight is 559 g/mol. The van der Waals surface area contributed by atoms with Crippen LogP contribution in [0.4, 0.5) is 0 Å². The molecule has 0 spiro atoms. The Labute approximate surface area is 232 Å². The van der Waals surface area contributed by atoms with Crippen molar-refractivity contribution in [2.24, 2.45) is 5.92 Å². The molecule has 1 heterocycles. The normalized spacial score (nSPS) is 23.2. The maximum absolute atomic E-state index is 13.1. The van der Waals surface area contributed by atoms with Gasteiger partial charge in [-0.05, 0) is 32.9 Å². The number of fused-ring (bicyclic) bond motifs is 4. The summed E-state index contributed by atoms with van der Waals surface area (Å²) in [6.45, 7) is 7.52. The Morgan fingerprint density at radius 2 is 1.68 bits per heavy atom. The minimum Gasteiger partial charge on any atom is -0.504 e. The molecule has 1 aliphatic heterocycles. The topological polar surface area (TPSA) is 139 Å². The van der Waals surface area contributed by atoms with Crippen molar-refractivity contribution in [3.63, 3.8) is 0 Å². The molecule has 11 nitrogen and oxygen atoms in total. The zero-order chi connectivity index (χ0) is 29.5. The minimum atomic E-state index is -1.84. The van der Waals surface area contributed by atoms with Gasteiger partial charge in [-0.25, -0.2) is 4.79 Å². The van der Waals surface area contributed by atoms with Crippen molar-refractivity contribution in [2.75, 3.05) is 28.1 Å². The van der Waals surface area contributed by atoms with Crippen LogP contribution in [0.2, 0.25) is 0 Å². The number of aliphatic hydroxyl groups is 1. The number of allylic oxidation sites excluding steroid dienone is 1. The van der Waals surface area contributed by atoms with E-state index in [9.17, 15) is 19.8 Å². The molecule has 40 heavy (non-hydrogen) atoms. The fraction of sp³-hybridized carbons (Fsp3) is 0.448. The molecule has 4 atom stereocenters. The molecule has 0 unspecified atom stereocenters. The van der Waals surface area contributed by atoms with Gasteiger partial charge >= 0.3 is 11.9 Å². The molecule has 2 aromatic rings. The van der Waals surface area contributed by atoms with E-state index in [1.807, 2.05) is 0 Å². The molecular weight excluding hydrogens is 524 g/mol. The van der Waals surface area contributed by atoms with E-state index >= 15 is 0 Å². The highest BCUT2D eigenvalue weighted by atomic mass is 16.7. The Kier molecular flexibility index (Phi) is 7.80. The lowest BCUT2D eigenvalue weighted by Crippen LogP contribution is -2.46. The fourth-order valence-corrected chi connectivity index (χ4v) is 5.15. The molecule has 0 radical (unpaired) electrons. The standard InChI is InChI=1S/C29H34O11/c1-9-13(2)28(32)40-27-17-11-18(34-6)25(35-7)26(36-8)21(17)20-16(10-19-24(22(20)31)38-12-37-19)23(39-15(4)30)14(3)29(27,5)33/h9-11,14,23,27,31,33H,12H2,1-8H3/b13-9-/t14-,23+,27-,29-/m0/s1. The Balaban J connectivity index is 2.22. The van der Waals surface area contributed by atoms with Crippen molar-refractivity contribution in [3.8, 4) is 45.6 Å². The first-order chi connectivity index (χ1) is 18.9. The molecular formula is C29H34O11. The molecule has 1 aliphatic carbocycles. The third kappa shape index (κ3) is 4.53. The number of carbonyl (C=O) groups excluding carboxylic acids is 2. The molecule has 2 aromatic carbocycles. The summed E-state index contributed by atoms with van der Waals surface area (Å²) in [4.78, 5) is 25.5. The minimum absolute atomic E-state index is 0.0707. The largest absolute Gasteiger partial charge is 0.504 e. The summed E-state index contributed by atoms with van der Waals surface area (Å²) >= 11 is 0. The van der Waals surface area contributed by atoms with Crippen molar-refractivity contribution in [1.29, 1.82) is 0 Å². The van der Waals surface area contributed by atoms with Gasteiger partial charge in [0, 0.05) is 40.7 Å². The van der Waals surface area contributed by atoms with Crippen LogP contribution in [0.3, 0.4) is 0 Å². The Morgan fingerprint density at radius 3 is 2.25 bits per heavy atom. The summed E-state index contributed by atoms with van der Waals surface area (Å²) in [7, 11) is 4.25. The van der Waals surface area contributed by atoms with Gasteiger partial charge in [0.25, 0.3) is 0 Å². The Hall–Kier alpha value is -4.12. The second-order valence-corrected chi connectivity index (χ2v) is 9.83. The average Bonchev–Trinajstić information content (AvgIpc) is 3.41. The van der Waals surface area contributed by atoms with Gasteiger partial charge in [-0.3, -0.25) is 4.79 Å². The van der Waals surface area contributed by atoms with Crippen LogP contribution in [0.5, 0.6) is 34.5 Å². The first-order valence-corrected chi connectivity index (χ1v) is 12.6. The Morgan fingerprint density at radius 1 is 1.00 bits per heavy atom. The van der Waals surface area contributed by atoms with Gasteiger partial charge in [-0.15, -0.1) is 0 Å². The maximum atomic E-state index is 13.1. The molecule has 216 valence electrons. The summed E-state index contributed by atoms with van der Waals surface area (Å²) < 4.78 is 39.9. The number of phenols is 1. The molecule has 0 bridgehead atoms. The van der Waals surface area contributed by atoms with Crippen molar-refractivity contribution in [2.45, 2.75) is 52.4 Å². The van der Waals surface area contributed by atoms with E-state index in [2.05, 4.69) is 0 Å². The fourth-order valence-electron chi connectivity index (χ4n) is 5.15. The third-order valence-electron chi connectivity index (χ3n) is 7.55. The number of ether oxygens (including phenoxy) is 7. The maximum Gasteiger partial charge on any atom is 0.334 e. The number of rotatable bonds is 6. The number of esters is 2. The molecule has 2 N–H and O–H groups in total. The summed E-state index contributed by atoms with van der Waals surface area (Å²) in [5.41, 5.74) is -0.596. The molecule has 2 aliphatic rings. The highest BCUT2D eigenvalue weighted by Gasteiger charge is 2.51. The summed E-state index contributed by atoms with van der Waals surface area (Å²) in [5.74, 6) is -1.70. The molecule has 0 saturated carbocycles. The van der Waals surface area contributed by atoms with Crippen LogP contribution in [0.25, 0.3) is 11.1 Å². The van der Waals surface area contributed by atoms with Gasteiger partial charge in [0.05, 0.1) is 21.3 Å². The number of benzene rings is 2. The second-order valence-electron chi connectivity index (χ2n) is 9.83. The zero-order valence-electron chi connectivity index (χ0n) is 23.7. The summed E-state index contributed by atoms with van der Waals surface area (Å²) in [6, 6.07) is 3.15. The predicted molar refractivity (Wildman–Crippen MR) is 142 cm³/mol. The van der Waals surface area contributed by atoms with Crippen LogP contribution in [-0.2, 0) is 19.1 Å². The lowest BCUT2D eigenvalue weighted by atomic mass is 9.71. The van der Waals surface area contributed by atoms with Crippen LogP contribution in [0, 0.1) is 5.92 Å². The summed E-state index contributed by atoms with van der Waals surface area (Å²) in [6.07, 6.45) is -0.898. The third-order valence-corrected chi connectivity index (χ3v) is 7.55. The van der Waals surface area contributed by atoms with Crippen LogP contribution >= 0.6 is 0 Å². The molecule has 0 aromatic heterocycles. The van der Waals surface area contributed by atoms with Crippen molar-refractivity contribution in [1.82, 2.24) is 0 Å². The Bertz CT molecular complexity index is 1380. The zero-order valence-corrected chi connectivity index (χ0v) is 23.7. The monoisotopic (exact) mass is 558 g/mol. The molecule has 4 rings (SSSR count). The lowest BCUT2D eigenvalue weighted by Gasteiger charge is -2.43. The number of methoxy groups -OCH3 is 3. The molecule has 0 amide bonds. The van der Waals surface area contributed by atoms with Gasteiger partial charge in [-0.1, -0.05) is 13.0 Å². The van der Waals surface area contributed by atoms with E-state index in [1.54, 1.807) is 39.0 Å². The van der Waals surface area contributed by atoms with Crippen molar-refractivity contribution in [3.05, 3.63) is 34.9 Å². The van der Waals surface area contributed by atoms with E-state index in [0.29, 0.717) is 11.1 Å². The van der Waals surface area contributed by atoms with E-state index in [1.165, 1.54) is 35.2 Å². The van der Waals surface area contributed by atoms with Crippen LogP contribution < -0.4 is 23.7 Å². The molecule has 0 fully saturated rings. The van der Waals surface area contributed by atoms with Crippen molar-refractivity contribution < 1.29 is 53.0 Å². The highest BCUT2D eigenvalue weighted by molar-refractivity contribution is 5.91. The molecule has 11 heteroatoms. The number of hydrogen-bond donors (Lipinski definition) is 2. The quantitative estimate of drug-likeness (QED) is 0.386. The number of phenolic OH excluding ortho intramolecular Hbond substituents is 1.